The first-order valence-corrected chi connectivity index (χ1v) is 11.0. The molecule has 0 aromatic heterocycles. The van der Waals surface area contributed by atoms with E-state index in [4.69, 9.17) is 26.4 Å². The third-order valence-corrected chi connectivity index (χ3v) is 6.02. The van der Waals surface area contributed by atoms with E-state index in [-0.39, 0.29) is 0 Å². The number of ether oxygens (including phenoxy) is 3. The zero-order chi connectivity index (χ0) is 22.2. The fourth-order valence-electron chi connectivity index (χ4n) is 3.56. The topological polar surface area (TPSA) is 46.2 Å². The van der Waals surface area contributed by atoms with Gasteiger partial charge < -0.3 is 24.4 Å². The number of hydrogen-bond acceptors (Lipinski definition) is 5. The Morgan fingerprint density at radius 2 is 1.77 bits per heavy atom. The fraction of sp³-hybridized carbons (Fsp3) is 0.458. The Balaban J connectivity index is 1.74. The average molecular weight is 444 g/mol. The van der Waals surface area contributed by atoms with Gasteiger partial charge in [-0.25, -0.2) is 0 Å². The molecular weight excluding hydrogens is 410 g/mol. The quantitative estimate of drug-likeness (QED) is 0.622. The van der Waals surface area contributed by atoms with Crippen molar-refractivity contribution in [2.24, 2.45) is 0 Å². The molecule has 1 aliphatic rings. The normalized spacial score (nSPS) is 14.2. The second-order valence-corrected chi connectivity index (χ2v) is 8.18. The zero-order valence-corrected chi connectivity index (χ0v) is 19.8. The van der Waals surface area contributed by atoms with Gasteiger partial charge in [0, 0.05) is 38.4 Å². The summed E-state index contributed by atoms with van der Waals surface area (Å²) in [5.74, 6) is 1.45. The van der Waals surface area contributed by atoms with Crippen LogP contribution in [0.4, 0.5) is 5.69 Å². The predicted molar refractivity (Wildman–Crippen MR) is 129 cm³/mol. The summed E-state index contributed by atoms with van der Waals surface area (Å²) in [4.78, 5) is 4.63. The molecule has 1 heterocycles. The van der Waals surface area contributed by atoms with Crippen LogP contribution in [0.3, 0.4) is 0 Å². The first kappa shape index (κ1) is 23.3. The lowest BCUT2D eigenvalue weighted by molar-refractivity contribution is 0.0358. The van der Waals surface area contributed by atoms with Gasteiger partial charge in [0.1, 0.15) is 0 Å². The maximum atomic E-state index is 5.83. The van der Waals surface area contributed by atoms with E-state index in [9.17, 15) is 0 Å². The molecule has 0 unspecified atom stereocenters. The molecule has 1 aliphatic heterocycles. The summed E-state index contributed by atoms with van der Waals surface area (Å²) in [5.41, 5.74) is 4.64. The molecular formula is C24H33N3O3S. The monoisotopic (exact) mass is 443 g/mol. The number of methoxy groups -OCH3 is 2. The summed E-state index contributed by atoms with van der Waals surface area (Å²) in [6.45, 7) is 10.2. The van der Waals surface area contributed by atoms with Crippen molar-refractivity contribution in [1.82, 2.24) is 9.80 Å². The summed E-state index contributed by atoms with van der Waals surface area (Å²) < 4.78 is 16.3. The molecule has 1 saturated heterocycles. The number of thiocarbonyl (C=S) groups is 1. The Hall–Kier alpha value is -2.35. The van der Waals surface area contributed by atoms with Crippen molar-refractivity contribution in [2.45, 2.75) is 20.4 Å². The number of hydrogen-bond donors (Lipinski definition) is 1. The zero-order valence-electron chi connectivity index (χ0n) is 18.9. The summed E-state index contributed by atoms with van der Waals surface area (Å²) in [7, 11) is 3.30. The average Bonchev–Trinajstić information content (AvgIpc) is 2.79. The van der Waals surface area contributed by atoms with Crippen LogP contribution < -0.4 is 14.8 Å². The lowest BCUT2D eigenvalue weighted by Crippen LogP contribution is -2.44. The smallest absolute Gasteiger partial charge is 0.173 e. The summed E-state index contributed by atoms with van der Waals surface area (Å²) >= 11 is 5.83. The van der Waals surface area contributed by atoms with E-state index >= 15 is 0 Å². The number of nitrogens with zero attached hydrogens (tertiary/aromatic N) is 2. The molecule has 2 aromatic carbocycles. The largest absolute Gasteiger partial charge is 0.493 e. The number of morpholine rings is 1. The molecule has 0 aliphatic carbocycles. The van der Waals surface area contributed by atoms with Crippen molar-refractivity contribution < 1.29 is 14.2 Å². The molecule has 2 aromatic rings. The maximum absolute atomic E-state index is 5.83. The van der Waals surface area contributed by atoms with Crippen molar-refractivity contribution in [3.63, 3.8) is 0 Å². The number of rotatable bonds is 8. The van der Waals surface area contributed by atoms with Gasteiger partial charge in [-0.05, 0) is 67.0 Å². The number of nitrogens with one attached hydrogen (secondary N) is 1. The van der Waals surface area contributed by atoms with Crippen LogP contribution in [0, 0.1) is 13.8 Å². The van der Waals surface area contributed by atoms with Crippen LogP contribution in [0.25, 0.3) is 0 Å². The maximum Gasteiger partial charge on any atom is 0.173 e. The Morgan fingerprint density at radius 1 is 1.03 bits per heavy atom. The molecule has 31 heavy (non-hydrogen) atoms. The number of anilines is 1. The van der Waals surface area contributed by atoms with E-state index in [1.807, 2.05) is 12.1 Å². The van der Waals surface area contributed by atoms with Crippen LogP contribution in [0.5, 0.6) is 11.5 Å². The molecule has 0 spiro atoms. The molecule has 6 nitrogen and oxygen atoms in total. The molecule has 0 radical (unpaired) electrons. The molecule has 0 amide bonds. The van der Waals surface area contributed by atoms with Crippen molar-refractivity contribution in [2.75, 3.05) is 58.9 Å². The van der Waals surface area contributed by atoms with Crippen molar-refractivity contribution in [3.8, 4) is 11.5 Å². The Bertz CT molecular complexity index is 884. The molecule has 1 N–H and O–H groups in total. The van der Waals surface area contributed by atoms with E-state index < -0.39 is 0 Å². The summed E-state index contributed by atoms with van der Waals surface area (Å²) in [5, 5.41) is 4.14. The minimum absolute atomic E-state index is 0.682. The Kier molecular flexibility index (Phi) is 8.51. The number of benzene rings is 2. The van der Waals surface area contributed by atoms with Crippen LogP contribution in [0.2, 0.25) is 0 Å². The highest BCUT2D eigenvalue weighted by molar-refractivity contribution is 7.80. The van der Waals surface area contributed by atoms with Crippen LogP contribution in [-0.2, 0) is 11.3 Å². The van der Waals surface area contributed by atoms with Gasteiger partial charge in [-0.15, -0.1) is 0 Å². The summed E-state index contributed by atoms with van der Waals surface area (Å²) in [6.07, 6.45) is 0. The third kappa shape index (κ3) is 6.56. The van der Waals surface area contributed by atoms with Gasteiger partial charge in [0.25, 0.3) is 0 Å². The second kappa shape index (κ2) is 11.3. The number of aryl methyl sites for hydroxylation is 2. The van der Waals surface area contributed by atoms with Crippen LogP contribution in [0.15, 0.2) is 36.4 Å². The molecule has 0 bridgehead atoms. The first-order valence-electron chi connectivity index (χ1n) is 10.6. The molecule has 0 saturated carbocycles. The second-order valence-electron chi connectivity index (χ2n) is 7.79. The van der Waals surface area contributed by atoms with Crippen molar-refractivity contribution >= 4 is 23.0 Å². The van der Waals surface area contributed by atoms with Gasteiger partial charge in [-0.3, -0.25) is 4.90 Å². The highest BCUT2D eigenvalue weighted by Gasteiger charge is 2.16. The van der Waals surface area contributed by atoms with E-state index in [1.54, 1.807) is 14.2 Å². The Labute approximate surface area is 191 Å². The molecule has 0 atom stereocenters. The van der Waals surface area contributed by atoms with Gasteiger partial charge >= 0.3 is 0 Å². The van der Waals surface area contributed by atoms with E-state index in [2.05, 4.69) is 53.2 Å². The molecule has 168 valence electrons. The standard InChI is InChI=1S/C24H33N3O3S/c1-18-5-7-21(15-19(18)2)25-24(31)27(10-9-26-11-13-30-14-12-26)17-20-6-8-22(28-3)23(16-20)29-4/h5-8,15-16H,9-14,17H2,1-4H3,(H,25,31). The Morgan fingerprint density at radius 3 is 2.45 bits per heavy atom. The van der Waals surface area contributed by atoms with Gasteiger partial charge in [0.05, 0.1) is 27.4 Å². The van der Waals surface area contributed by atoms with Crippen LogP contribution >= 0.6 is 12.2 Å². The highest BCUT2D eigenvalue weighted by Crippen LogP contribution is 2.28. The third-order valence-electron chi connectivity index (χ3n) is 5.66. The van der Waals surface area contributed by atoms with E-state index in [1.165, 1.54) is 11.1 Å². The molecule has 1 fully saturated rings. The predicted octanol–water partition coefficient (Wildman–Crippen LogP) is 3.85. The fourth-order valence-corrected chi connectivity index (χ4v) is 3.83. The SMILES string of the molecule is COc1ccc(CN(CCN2CCOCC2)C(=S)Nc2ccc(C)c(C)c2)cc1OC. The van der Waals surface area contributed by atoms with Gasteiger partial charge in [-0.1, -0.05) is 12.1 Å². The van der Waals surface area contributed by atoms with E-state index in [0.29, 0.717) is 11.7 Å². The van der Waals surface area contributed by atoms with Gasteiger partial charge in [0.15, 0.2) is 16.6 Å². The lowest BCUT2D eigenvalue weighted by Gasteiger charge is -2.31. The minimum Gasteiger partial charge on any atom is -0.493 e. The van der Waals surface area contributed by atoms with Crippen LogP contribution in [-0.4, -0.2) is 68.5 Å². The lowest BCUT2D eigenvalue weighted by atomic mass is 10.1. The van der Waals surface area contributed by atoms with E-state index in [0.717, 1.165) is 62.1 Å². The van der Waals surface area contributed by atoms with Crippen molar-refractivity contribution in [3.05, 3.63) is 53.1 Å². The highest BCUT2D eigenvalue weighted by atomic mass is 32.1. The first-order chi connectivity index (χ1) is 15.0. The summed E-state index contributed by atoms with van der Waals surface area (Å²) in [6, 6.07) is 12.3. The van der Waals surface area contributed by atoms with Crippen molar-refractivity contribution in [1.29, 1.82) is 0 Å². The van der Waals surface area contributed by atoms with Crippen LogP contribution in [0.1, 0.15) is 16.7 Å². The minimum atomic E-state index is 0.682. The van der Waals surface area contributed by atoms with Gasteiger partial charge in [-0.2, -0.15) is 0 Å². The molecule has 3 rings (SSSR count). The molecule has 7 heteroatoms. The van der Waals surface area contributed by atoms with Gasteiger partial charge in [0.2, 0.25) is 0 Å².